The lowest BCUT2D eigenvalue weighted by Gasteiger charge is -2.41. The Morgan fingerprint density at radius 3 is 2.21 bits per heavy atom. The SMILES string of the molecule is CC[C@H](C)C([C@@H](CC(=O)N1CCC[C@H]1[C@H](OC)[C@@H](C)C(=O)NCCc1ccncc1)OC)N(C)C(=O)[C@@H](NC(=O)[C@H](C(C)C)N(C)CCOCCON)C(C)C. The van der Waals surface area contributed by atoms with Crippen molar-refractivity contribution in [2.45, 2.75) is 117 Å². The van der Waals surface area contributed by atoms with Gasteiger partial charge in [-0.3, -0.25) is 29.1 Å². The summed E-state index contributed by atoms with van der Waals surface area (Å²) >= 11 is 0. The van der Waals surface area contributed by atoms with Gasteiger partial charge in [0.2, 0.25) is 23.6 Å². The van der Waals surface area contributed by atoms with Crippen molar-refractivity contribution in [3.8, 4) is 0 Å². The Bertz CT molecular complexity index is 1320. The van der Waals surface area contributed by atoms with Gasteiger partial charge in [-0.2, -0.15) is 0 Å². The lowest BCUT2D eigenvalue weighted by Crippen LogP contribution is -2.60. The number of nitrogens with two attached hydrogens (primary N) is 1. The molecule has 0 bridgehead atoms. The third-order valence-electron chi connectivity index (χ3n) is 11.3. The number of pyridine rings is 1. The number of hydrogen-bond donors (Lipinski definition) is 3. The van der Waals surface area contributed by atoms with E-state index in [9.17, 15) is 19.2 Å². The summed E-state index contributed by atoms with van der Waals surface area (Å²) in [6, 6.07) is 1.81. The molecule has 2 rings (SSSR count). The Morgan fingerprint density at radius 1 is 0.964 bits per heavy atom. The van der Waals surface area contributed by atoms with Crippen molar-refractivity contribution in [1.29, 1.82) is 0 Å². The van der Waals surface area contributed by atoms with Gasteiger partial charge in [-0.25, -0.2) is 5.90 Å². The number of hydrogen-bond acceptors (Lipinski definition) is 11. The molecule has 1 saturated heterocycles. The van der Waals surface area contributed by atoms with E-state index in [4.69, 9.17) is 20.1 Å². The Kier molecular flexibility index (Phi) is 22.0. The van der Waals surface area contributed by atoms with Gasteiger partial charge >= 0.3 is 0 Å². The number of nitrogens with one attached hydrogen (secondary N) is 2. The molecule has 1 unspecified atom stereocenters. The van der Waals surface area contributed by atoms with Gasteiger partial charge in [-0.15, -0.1) is 0 Å². The first kappa shape index (κ1) is 48.9. The Balaban J connectivity index is 2.20. The highest BCUT2D eigenvalue weighted by Crippen LogP contribution is 2.29. The van der Waals surface area contributed by atoms with E-state index in [1.807, 2.05) is 77.4 Å². The maximum Gasteiger partial charge on any atom is 0.245 e. The Hall–Kier alpha value is -3.21. The number of methoxy groups -OCH3 is 2. The van der Waals surface area contributed by atoms with Gasteiger partial charge in [0.25, 0.3) is 0 Å². The van der Waals surface area contributed by atoms with Crippen molar-refractivity contribution in [3.05, 3.63) is 30.1 Å². The molecule has 320 valence electrons. The van der Waals surface area contributed by atoms with Crippen molar-refractivity contribution in [2.24, 2.45) is 29.6 Å². The summed E-state index contributed by atoms with van der Waals surface area (Å²) in [6.07, 6.45) is 5.30. The predicted molar refractivity (Wildman–Crippen MR) is 216 cm³/mol. The minimum atomic E-state index is -0.803. The molecule has 1 aromatic rings. The highest BCUT2D eigenvalue weighted by atomic mass is 16.6. The summed E-state index contributed by atoms with van der Waals surface area (Å²) < 4.78 is 17.5. The van der Waals surface area contributed by atoms with E-state index in [-0.39, 0.29) is 60.5 Å². The molecule has 56 heavy (non-hydrogen) atoms. The number of carbonyl (C=O) groups is 4. The molecule has 1 aliphatic heterocycles. The minimum absolute atomic E-state index is 0.0265. The van der Waals surface area contributed by atoms with Gasteiger partial charge in [-0.1, -0.05) is 54.9 Å². The van der Waals surface area contributed by atoms with Crippen molar-refractivity contribution < 1.29 is 38.2 Å². The predicted octanol–water partition coefficient (Wildman–Crippen LogP) is 2.66. The van der Waals surface area contributed by atoms with Crippen LogP contribution in [0.4, 0.5) is 0 Å². The molecule has 0 saturated carbocycles. The van der Waals surface area contributed by atoms with Crippen LogP contribution in [0.2, 0.25) is 0 Å². The number of nitrogens with zero attached hydrogens (tertiary/aromatic N) is 4. The van der Waals surface area contributed by atoms with E-state index < -0.39 is 36.3 Å². The summed E-state index contributed by atoms with van der Waals surface area (Å²) in [5.74, 6) is 3.59. The van der Waals surface area contributed by atoms with Crippen molar-refractivity contribution in [2.75, 3.05) is 67.8 Å². The van der Waals surface area contributed by atoms with E-state index in [1.54, 1.807) is 38.6 Å². The van der Waals surface area contributed by atoms with Crippen LogP contribution < -0.4 is 16.5 Å². The summed E-state index contributed by atoms with van der Waals surface area (Å²) in [6.45, 7) is 16.3. The fraction of sp³-hybridized carbons (Fsp3) is 0.780. The molecular weight excluding hydrogens is 718 g/mol. The molecule has 15 heteroatoms. The molecule has 0 radical (unpaired) electrons. The van der Waals surface area contributed by atoms with Crippen LogP contribution in [0.1, 0.15) is 79.7 Å². The van der Waals surface area contributed by atoms with Crippen LogP contribution in [0.5, 0.6) is 0 Å². The maximum absolute atomic E-state index is 14.4. The lowest BCUT2D eigenvalue weighted by molar-refractivity contribution is -0.148. The normalized spacial score (nSPS) is 18.3. The van der Waals surface area contributed by atoms with Gasteiger partial charge in [0.15, 0.2) is 0 Å². The molecule has 0 aliphatic carbocycles. The highest BCUT2D eigenvalue weighted by Gasteiger charge is 2.43. The quantitative estimate of drug-likeness (QED) is 0.0929. The molecule has 1 aromatic heterocycles. The molecule has 1 aliphatic rings. The second kappa shape index (κ2) is 25.2. The topological polar surface area (TPSA) is 178 Å². The lowest BCUT2D eigenvalue weighted by atomic mass is 9.89. The van der Waals surface area contributed by atoms with E-state index in [1.165, 1.54) is 0 Å². The third-order valence-corrected chi connectivity index (χ3v) is 11.3. The zero-order valence-corrected chi connectivity index (χ0v) is 36.0. The standard InChI is InChI=1S/C41H73N7O8/c1-12-29(6)37(47(9)41(52)35(27(2)3)45-40(51)36(28(4)5)46(8)22-23-55-24-25-56-42)33(53-10)26-34(49)48-21-13-14-32(48)38(54-11)30(7)39(50)44-20-17-31-15-18-43-19-16-31/h15-16,18-19,27-30,32-33,35-38H,12-14,17,20-26,42H2,1-11H3,(H,44,50)(H,45,51)/t29-,30+,32-,33+,35-,36-,37?,38+/m0/s1. The first-order valence-corrected chi connectivity index (χ1v) is 20.3. The number of amides is 4. The van der Waals surface area contributed by atoms with Crippen LogP contribution in [0.25, 0.3) is 0 Å². The fourth-order valence-corrected chi connectivity index (χ4v) is 7.89. The van der Waals surface area contributed by atoms with Crippen LogP contribution in [0.3, 0.4) is 0 Å². The van der Waals surface area contributed by atoms with Gasteiger partial charge in [0.1, 0.15) is 6.04 Å². The van der Waals surface area contributed by atoms with Crippen molar-refractivity contribution in [1.82, 2.24) is 30.3 Å². The number of carbonyl (C=O) groups excluding carboxylic acids is 4. The highest BCUT2D eigenvalue weighted by molar-refractivity contribution is 5.90. The zero-order chi connectivity index (χ0) is 41.9. The number of aromatic nitrogens is 1. The Morgan fingerprint density at radius 2 is 1.64 bits per heavy atom. The third kappa shape index (κ3) is 14.3. The smallest absolute Gasteiger partial charge is 0.245 e. The Labute approximate surface area is 336 Å². The zero-order valence-electron chi connectivity index (χ0n) is 36.0. The summed E-state index contributed by atoms with van der Waals surface area (Å²) in [4.78, 5) is 69.7. The molecular formula is C41H73N7O8. The first-order valence-electron chi connectivity index (χ1n) is 20.3. The number of rotatable bonds is 26. The van der Waals surface area contributed by atoms with Crippen LogP contribution in [-0.4, -0.2) is 147 Å². The molecule has 4 N–H and O–H groups in total. The van der Waals surface area contributed by atoms with Crippen LogP contribution in [0.15, 0.2) is 24.5 Å². The van der Waals surface area contributed by atoms with E-state index in [0.29, 0.717) is 45.7 Å². The van der Waals surface area contributed by atoms with Crippen LogP contribution in [-0.2, 0) is 44.6 Å². The molecule has 4 amide bonds. The van der Waals surface area contributed by atoms with E-state index in [2.05, 4.69) is 20.5 Å². The molecule has 0 aromatic carbocycles. The van der Waals surface area contributed by atoms with Gasteiger partial charge in [-0.05, 0) is 61.8 Å². The molecule has 2 heterocycles. The van der Waals surface area contributed by atoms with E-state index in [0.717, 1.165) is 18.4 Å². The molecule has 8 atom stereocenters. The average Bonchev–Trinajstić information content (AvgIpc) is 3.66. The molecule has 15 nitrogen and oxygen atoms in total. The first-order chi connectivity index (χ1) is 26.6. The molecule has 1 fully saturated rings. The largest absolute Gasteiger partial charge is 0.379 e. The van der Waals surface area contributed by atoms with E-state index >= 15 is 0 Å². The summed E-state index contributed by atoms with van der Waals surface area (Å²) in [7, 11) is 6.76. The van der Waals surface area contributed by atoms with Gasteiger partial charge in [0.05, 0.1) is 62.5 Å². The average molecular weight is 792 g/mol. The molecule has 0 spiro atoms. The number of ether oxygens (including phenoxy) is 3. The number of likely N-dealkylation sites (N-methyl/N-ethyl adjacent to an activating group) is 2. The maximum atomic E-state index is 14.4. The number of likely N-dealkylation sites (tertiary alicyclic amines) is 1. The monoisotopic (exact) mass is 792 g/mol. The second-order valence-electron chi connectivity index (χ2n) is 15.9. The summed E-state index contributed by atoms with van der Waals surface area (Å²) in [5, 5.41) is 6.11. The fourth-order valence-electron chi connectivity index (χ4n) is 7.89. The van der Waals surface area contributed by atoms with Gasteiger partial charge < -0.3 is 39.5 Å². The van der Waals surface area contributed by atoms with Crippen LogP contribution >= 0.6 is 0 Å². The minimum Gasteiger partial charge on any atom is -0.379 e. The van der Waals surface area contributed by atoms with Gasteiger partial charge in [0, 0.05) is 53.3 Å². The van der Waals surface area contributed by atoms with Crippen molar-refractivity contribution in [3.63, 3.8) is 0 Å². The van der Waals surface area contributed by atoms with Crippen molar-refractivity contribution >= 4 is 23.6 Å². The van der Waals surface area contributed by atoms with Crippen LogP contribution in [0, 0.1) is 23.7 Å². The summed E-state index contributed by atoms with van der Waals surface area (Å²) in [5.41, 5.74) is 1.08. The second-order valence-corrected chi connectivity index (χ2v) is 15.9.